The third-order valence-electron chi connectivity index (χ3n) is 8.34. The Balaban J connectivity index is 1.38. The molecule has 0 spiro atoms. The van der Waals surface area contributed by atoms with Crippen LogP contribution >= 0.6 is 0 Å². The van der Waals surface area contributed by atoms with Crippen LogP contribution in [0.1, 0.15) is 48.2 Å². The van der Waals surface area contributed by atoms with Crippen LogP contribution in [-0.2, 0) is 11.3 Å². The van der Waals surface area contributed by atoms with E-state index < -0.39 is 0 Å². The number of allylic oxidation sites excluding steroid dienone is 2. The van der Waals surface area contributed by atoms with Crippen molar-refractivity contribution in [1.29, 1.82) is 0 Å². The van der Waals surface area contributed by atoms with Crippen molar-refractivity contribution in [3.63, 3.8) is 0 Å². The number of hydrogen-bond acceptors (Lipinski definition) is 6. The van der Waals surface area contributed by atoms with Crippen molar-refractivity contribution >= 4 is 33.7 Å². The highest BCUT2D eigenvalue weighted by atomic mass is 16.5. The lowest BCUT2D eigenvalue weighted by Gasteiger charge is -2.15. The number of esters is 1. The lowest BCUT2D eigenvalue weighted by molar-refractivity contribution is 0.0601. The first-order valence-electron chi connectivity index (χ1n) is 14.7. The van der Waals surface area contributed by atoms with Gasteiger partial charge < -0.3 is 14.0 Å². The molecule has 43 heavy (non-hydrogen) atoms. The van der Waals surface area contributed by atoms with Crippen molar-refractivity contribution in [3.05, 3.63) is 89.8 Å². The maximum atomic E-state index is 12.3. The van der Waals surface area contributed by atoms with E-state index in [2.05, 4.69) is 33.2 Å². The second-order valence-electron chi connectivity index (χ2n) is 11.1. The number of benzene rings is 3. The molecule has 8 nitrogen and oxygen atoms in total. The van der Waals surface area contributed by atoms with E-state index in [1.165, 1.54) is 25.5 Å². The summed E-state index contributed by atoms with van der Waals surface area (Å²) in [5.74, 6) is 1.27. The van der Waals surface area contributed by atoms with Crippen molar-refractivity contribution in [3.8, 4) is 28.4 Å². The van der Waals surface area contributed by atoms with Crippen molar-refractivity contribution in [2.24, 2.45) is 0 Å². The van der Waals surface area contributed by atoms with Gasteiger partial charge in [0.1, 0.15) is 17.3 Å². The summed E-state index contributed by atoms with van der Waals surface area (Å²) in [5, 5.41) is 0. The summed E-state index contributed by atoms with van der Waals surface area (Å²) in [4.78, 5) is 27.3. The molecule has 3 aromatic heterocycles. The molecule has 3 heterocycles. The van der Waals surface area contributed by atoms with Gasteiger partial charge >= 0.3 is 5.97 Å². The normalized spacial score (nSPS) is 13.5. The minimum atomic E-state index is -0.369. The molecule has 8 heteroatoms. The zero-order chi connectivity index (χ0) is 29.5. The average molecular weight is 572 g/mol. The van der Waals surface area contributed by atoms with Crippen molar-refractivity contribution in [2.45, 2.75) is 45.6 Å². The van der Waals surface area contributed by atoms with Crippen molar-refractivity contribution in [2.75, 3.05) is 14.2 Å². The second kappa shape index (κ2) is 11.0. The zero-order valence-corrected chi connectivity index (χ0v) is 24.6. The first-order chi connectivity index (χ1) is 21.0. The van der Waals surface area contributed by atoms with Gasteiger partial charge in [-0.2, -0.15) is 0 Å². The molecule has 216 valence electrons. The van der Waals surface area contributed by atoms with Gasteiger partial charge in [-0.1, -0.05) is 11.6 Å². The molecule has 0 bridgehead atoms. The van der Waals surface area contributed by atoms with Crippen LogP contribution in [0.5, 0.6) is 5.75 Å². The molecule has 0 unspecified atom stereocenters. The van der Waals surface area contributed by atoms with Crippen LogP contribution in [0, 0.1) is 6.92 Å². The fraction of sp³-hybridized carbons (Fsp3) is 0.257. The van der Waals surface area contributed by atoms with Crippen molar-refractivity contribution in [1.82, 2.24) is 23.9 Å². The Morgan fingerprint density at radius 2 is 1.67 bits per heavy atom. The number of aromatic nitrogens is 5. The lowest BCUT2D eigenvalue weighted by Crippen LogP contribution is -2.04. The molecule has 7 rings (SSSR count). The first-order valence-corrected chi connectivity index (χ1v) is 14.7. The molecule has 0 atom stereocenters. The molecule has 6 aromatic rings. The number of fused-ring (bicyclic) bond motifs is 4. The fourth-order valence-electron chi connectivity index (χ4n) is 6.13. The summed E-state index contributed by atoms with van der Waals surface area (Å²) in [7, 11) is 3.06. The van der Waals surface area contributed by atoms with Gasteiger partial charge in [-0.3, -0.25) is 4.40 Å². The van der Waals surface area contributed by atoms with Crippen LogP contribution in [0.15, 0.2) is 78.5 Å². The Hall–Kier alpha value is -4.98. The number of nitrogens with zero attached hydrogens (tertiary/aromatic N) is 5. The molecule has 1 aliphatic rings. The summed E-state index contributed by atoms with van der Waals surface area (Å²) in [5.41, 5.74) is 10.0. The predicted molar refractivity (Wildman–Crippen MR) is 168 cm³/mol. The first kappa shape index (κ1) is 26.9. The molecular weight excluding hydrogens is 538 g/mol. The Labute approximate surface area is 249 Å². The highest BCUT2D eigenvalue weighted by molar-refractivity contribution is 5.95. The molecule has 0 aliphatic heterocycles. The van der Waals surface area contributed by atoms with E-state index in [1.54, 1.807) is 7.11 Å². The smallest absolute Gasteiger partial charge is 0.337 e. The second-order valence-corrected chi connectivity index (χ2v) is 11.1. The number of rotatable bonds is 7. The van der Waals surface area contributed by atoms with Gasteiger partial charge in [-0.05, 0) is 99.7 Å². The van der Waals surface area contributed by atoms with Crippen molar-refractivity contribution < 1.29 is 14.3 Å². The van der Waals surface area contributed by atoms with Gasteiger partial charge in [0.15, 0.2) is 5.65 Å². The zero-order valence-electron chi connectivity index (χ0n) is 24.6. The summed E-state index contributed by atoms with van der Waals surface area (Å²) in [6, 6.07) is 19.8. The van der Waals surface area contributed by atoms with E-state index >= 15 is 0 Å². The third-order valence-corrected chi connectivity index (χ3v) is 8.34. The number of carbonyl (C=O) groups is 1. The van der Waals surface area contributed by atoms with E-state index in [-0.39, 0.29) is 5.97 Å². The minimum Gasteiger partial charge on any atom is -0.497 e. The summed E-state index contributed by atoms with van der Waals surface area (Å²) < 4.78 is 14.7. The number of ether oxygens (including phenoxy) is 2. The minimum absolute atomic E-state index is 0.369. The van der Waals surface area contributed by atoms with Gasteiger partial charge in [0.25, 0.3) is 0 Å². The molecule has 0 radical (unpaired) electrons. The topological polar surface area (TPSA) is 83.5 Å². The SMILES string of the molecule is COC(=O)c1ccc2c(c1)nc(-c1ccc3c(c1)nc(-c1ccc(OC)cc1)c1nc(C)cn13)n2CCC1=CCCCC1. The van der Waals surface area contributed by atoms with Gasteiger partial charge in [-0.15, -0.1) is 0 Å². The van der Waals surface area contributed by atoms with Crippen LogP contribution in [0.3, 0.4) is 0 Å². The molecule has 0 saturated carbocycles. The van der Waals surface area contributed by atoms with Crippen LogP contribution < -0.4 is 4.74 Å². The van der Waals surface area contributed by atoms with Crippen LogP contribution in [0.4, 0.5) is 0 Å². The molecule has 0 saturated heterocycles. The lowest BCUT2D eigenvalue weighted by atomic mass is 9.97. The number of carbonyl (C=O) groups excluding carboxylic acids is 1. The van der Waals surface area contributed by atoms with E-state index in [9.17, 15) is 4.79 Å². The summed E-state index contributed by atoms with van der Waals surface area (Å²) in [6.45, 7) is 2.80. The van der Waals surface area contributed by atoms with E-state index in [1.807, 2.05) is 55.6 Å². The van der Waals surface area contributed by atoms with Gasteiger partial charge in [-0.25, -0.2) is 19.7 Å². The molecule has 0 N–H and O–H groups in total. The van der Waals surface area contributed by atoms with Crippen LogP contribution in [-0.4, -0.2) is 44.1 Å². The predicted octanol–water partition coefficient (Wildman–Crippen LogP) is 7.56. The standard InChI is InChI=1S/C35H33N5O3/c1-22-21-40-31-15-11-25(19-28(31)37-32(34(40)36-22)24-9-13-27(42-2)14-10-24)33-38-29-20-26(35(41)43-3)12-16-30(29)39(33)18-17-23-7-5-4-6-8-23/h7,9-16,19-21H,4-6,8,17-18H2,1-3H3. The van der Waals surface area contributed by atoms with Gasteiger partial charge in [0, 0.05) is 23.9 Å². The number of hydrogen-bond donors (Lipinski definition) is 0. The highest BCUT2D eigenvalue weighted by Gasteiger charge is 2.19. The maximum Gasteiger partial charge on any atom is 0.337 e. The van der Waals surface area contributed by atoms with E-state index in [0.717, 1.165) is 87.6 Å². The Morgan fingerprint density at radius 3 is 2.44 bits per heavy atom. The third kappa shape index (κ3) is 4.92. The summed E-state index contributed by atoms with van der Waals surface area (Å²) in [6.07, 6.45) is 10.3. The van der Waals surface area contributed by atoms with Gasteiger partial charge in [0.05, 0.1) is 47.5 Å². The molecule has 1 aliphatic carbocycles. The Kier molecular flexibility index (Phi) is 6.89. The highest BCUT2D eigenvalue weighted by Crippen LogP contribution is 2.33. The quantitative estimate of drug-likeness (QED) is 0.145. The number of methoxy groups -OCH3 is 2. The Morgan fingerprint density at radius 1 is 0.884 bits per heavy atom. The number of imidazole rings is 2. The molecular formula is C35H33N5O3. The monoisotopic (exact) mass is 571 g/mol. The number of aryl methyl sites for hydroxylation is 2. The van der Waals surface area contributed by atoms with Crippen LogP contribution in [0.2, 0.25) is 0 Å². The largest absolute Gasteiger partial charge is 0.497 e. The molecule has 0 fully saturated rings. The van der Waals surface area contributed by atoms with Crippen LogP contribution in [0.25, 0.3) is 50.4 Å². The fourth-order valence-corrected chi connectivity index (χ4v) is 6.13. The molecule has 0 amide bonds. The van der Waals surface area contributed by atoms with Gasteiger partial charge in [0.2, 0.25) is 0 Å². The van der Waals surface area contributed by atoms with E-state index in [4.69, 9.17) is 24.4 Å². The van der Waals surface area contributed by atoms with E-state index in [0.29, 0.717) is 5.56 Å². The maximum absolute atomic E-state index is 12.3. The Bertz CT molecular complexity index is 2030. The average Bonchev–Trinajstić information content (AvgIpc) is 3.63. The molecule has 3 aromatic carbocycles. The summed E-state index contributed by atoms with van der Waals surface area (Å²) >= 11 is 0.